The smallest absolute Gasteiger partial charge is 0.268 e. The molecule has 0 aromatic carbocycles. The van der Waals surface area contributed by atoms with E-state index in [-0.39, 0.29) is 12.5 Å². The second kappa shape index (κ2) is 54.0. The Morgan fingerprint density at radius 3 is 1.27 bits per heavy atom. The molecule has 3 atom stereocenters. The van der Waals surface area contributed by atoms with Gasteiger partial charge in [-0.05, 0) is 89.9 Å². The number of hydrogen-bond donors (Lipinski definition) is 2. The van der Waals surface area contributed by atoms with Crippen LogP contribution in [0, 0.1) is 0 Å². The first-order valence-corrected chi connectivity index (χ1v) is 31.2. The van der Waals surface area contributed by atoms with E-state index in [0.29, 0.717) is 17.4 Å². The molecule has 0 spiro atoms. The molecular weight excluding hydrogens is 924 g/mol. The van der Waals surface area contributed by atoms with Crippen molar-refractivity contribution in [2.75, 3.05) is 40.9 Å². The third-order valence-electron chi connectivity index (χ3n) is 12.7. The second-order valence-electron chi connectivity index (χ2n) is 21.0. The summed E-state index contributed by atoms with van der Waals surface area (Å²) in [5.41, 5.74) is 0. The van der Waals surface area contributed by atoms with Crippen LogP contribution in [0.2, 0.25) is 0 Å². The number of hydrogen-bond acceptors (Lipinski definition) is 6. The molecule has 0 aliphatic heterocycles. The number of unbranched alkanes of at least 4 members (excludes halogenated alkanes) is 24. The van der Waals surface area contributed by atoms with Crippen LogP contribution in [0.1, 0.15) is 239 Å². The maximum atomic E-state index is 13.0. The van der Waals surface area contributed by atoms with Crippen molar-refractivity contribution in [2.45, 2.75) is 251 Å². The number of quaternary nitrogens is 1. The molecule has 0 saturated carbocycles. The van der Waals surface area contributed by atoms with Crippen LogP contribution in [0.4, 0.5) is 0 Å². The summed E-state index contributed by atoms with van der Waals surface area (Å²) in [5.74, 6) is -0.214. The van der Waals surface area contributed by atoms with E-state index in [4.69, 9.17) is 9.05 Å². The van der Waals surface area contributed by atoms with E-state index >= 15 is 0 Å². The molecule has 0 aromatic rings. The van der Waals surface area contributed by atoms with E-state index in [1.165, 1.54) is 135 Å². The van der Waals surface area contributed by atoms with Gasteiger partial charge in [-0.25, -0.2) is 0 Å². The Hall–Kier alpha value is -2.84. The molecular formula is C64H113N2O6P. The number of rotatable bonds is 53. The number of nitrogens with one attached hydrogen (secondary N) is 1. The summed E-state index contributed by atoms with van der Waals surface area (Å²) in [7, 11) is 1.23. The lowest BCUT2D eigenvalue weighted by atomic mass is 10.0. The maximum Gasteiger partial charge on any atom is 0.268 e. The minimum Gasteiger partial charge on any atom is -0.756 e. The Morgan fingerprint density at radius 2 is 0.849 bits per heavy atom. The molecule has 0 rings (SSSR count). The fourth-order valence-electron chi connectivity index (χ4n) is 8.09. The highest BCUT2D eigenvalue weighted by Crippen LogP contribution is 2.38. The summed E-state index contributed by atoms with van der Waals surface area (Å²) in [6.07, 6.45) is 78.8. The molecule has 1 amide bonds. The predicted octanol–water partition coefficient (Wildman–Crippen LogP) is 17.7. The SMILES string of the molecule is CC/C=C\C/C=C\C/C=C\C/C=C\C/C=C\C/C=C\C/C=C\CCCCCCCCCCCCCC(=O)NC(COP(=O)([O-])OCC[N+](C)(C)C)C(O)/C=C/CC/C=C/CCCCCCCCCCCCCC. The van der Waals surface area contributed by atoms with Gasteiger partial charge in [0.2, 0.25) is 5.91 Å². The van der Waals surface area contributed by atoms with Crippen LogP contribution in [0.15, 0.2) is 109 Å². The number of likely N-dealkylation sites (N-methyl/N-ethyl adjacent to an activating group) is 1. The Labute approximate surface area is 451 Å². The average Bonchev–Trinajstić information content (AvgIpc) is 3.35. The minimum absolute atomic E-state index is 0.0116. The van der Waals surface area contributed by atoms with Gasteiger partial charge in [-0.2, -0.15) is 0 Å². The van der Waals surface area contributed by atoms with Gasteiger partial charge in [0, 0.05) is 6.42 Å². The molecule has 0 radical (unpaired) electrons. The first kappa shape index (κ1) is 70.2. The summed E-state index contributed by atoms with van der Waals surface area (Å²) in [6.45, 7) is 4.51. The number of carbonyl (C=O) groups excluding carboxylic acids is 1. The van der Waals surface area contributed by atoms with Crippen molar-refractivity contribution in [3.63, 3.8) is 0 Å². The van der Waals surface area contributed by atoms with Gasteiger partial charge < -0.3 is 28.8 Å². The van der Waals surface area contributed by atoms with Crippen LogP contribution < -0.4 is 10.2 Å². The number of aliphatic hydroxyl groups is 1. The van der Waals surface area contributed by atoms with E-state index in [2.05, 4.69) is 116 Å². The summed E-state index contributed by atoms with van der Waals surface area (Å²) in [6, 6.07) is -0.912. The number of phosphoric acid groups is 1. The molecule has 9 heteroatoms. The van der Waals surface area contributed by atoms with Crippen molar-refractivity contribution >= 4 is 13.7 Å². The van der Waals surface area contributed by atoms with E-state index in [9.17, 15) is 19.4 Å². The number of carbonyl (C=O) groups is 1. The molecule has 2 N–H and O–H groups in total. The van der Waals surface area contributed by atoms with E-state index in [0.717, 1.165) is 83.5 Å². The number of amides is 1. The largest absolute Gasteiger partial charge is 0.756 e. The third kappa shape index (κ3) is 56.7. The molecule has 0 heterocycles. The summed E-state index contributed by atoms with van der Waals surface area (Å²) in [4.78, 5) is 25.5. The van der Waals surface area contributed by atoms with Gasteiger partial charge in [0.1, 0.15) is 13.2 Å². The Morgan fingerprint density at radius 1 is 0.493 bits per heavy atom. The van der Waals surface area contributed by atoms with Crippen molar-refractivity contribution in [3.8, 4) is 0 Å². The van der Waals surface area contributed by atoms with Gasteiger partial charge in [-0.15, -0.1) is 0 Å². The first-order valence-electron chi connectivity index (χ1n) is 29.7. The molecule has 3 unspecified atom stereocenters. The fraction of sp³-hybridized carbons (Fsp3) is 0.703. The number of phosphoric ester groups is 1. The van der Waals surface area contributed by atoms with Gasteiger partial charge in [0.25, 0.3) is 7.82 Å². The van der Waals surface area contributed by atoms with Crippen LogP contribution in [0.3, 0.4) is 0 Å². The first-order chi connectivity index (χ1) is 35.5. The Balaban J connectivity index is 4.20. The highest BCUT2D eigenvalue weighted by atomic mass is 31.2. The molecule has 8 nitrogen and oxygen atoms in total. The molecule has 420 valence electrons. The molecule has 0 aliphatic carbocycles. The molecule has 0 fully saturated rings. The van der Waals surface area contributed by atoms with E-state index in [1.807, 2.05) is 27.2 Å². The van der Waals surface area contributed by atoms with Gasteiger partial charge in [0.15, 0.2) is 0 Å². The number of allylic oxidation sites excluding steroid dienone is 17. The van der Waals surface area contributed by atoms with Crippen LogP contribution in [-0.4, -0.2) is 68.5 Å². The second-order valence-corrected chi connectivity index (χ2v) is 22.4. The standard InChI is InChI=1S/C64H113N2O6P/c1-6-8-10-12-14-16-18-20-22-24-26-27-28-29-30-31-32-33-34-35-36-37-38-39-40-42-44-46-48-50-52-54-56-58-64(68)65-62(61-72-73(69,70)71-60-59-66(3,4)5)63(67)57-55-53-51-49-47-45-43-41-25-23-21-19-17-15-13-11-9-7-2/h8,10,14,16,20,22,26-27,29-30,32-33,35-36,47,49,55,57,62-63,67H,6-7,9,11-13,15,17-19,21,23-25,28,31,34,37-46,48,50-54,56,58-61H2,1-5H3,(H-,65,68,69,70)/b10-8-,16-14-,22-20-,27-26-,30-29-,33-32-,36-35-,49-47+,57-55+. The summed E-state index contributed by atoms with van der Waals surface area (Å²) in [5, 5.41) is 13.9. The molecule has 73 heavy (non-hydrogen) atoms. The summed E-state index contributed by atoms with van der Waals surface area (Å²) >= 11 is 0. The van der Waals surface area contributed by atoms with E-state index in [1.54, 1.807) is 6.08 Å². The maximum absolute atomic E-state index is 13.0. The normalized spacial score (nSPS) is 14.7. The fourth-order valence-corrected chi connectivity index (χ4v) is 8.81. The van der Waals surface area contributed by atoms with Gasteiger partial charge in [0.05, 0.1) is 39.9 Å². The number of nitrogens with zero attached hydrogens (tertiary/aromatic N) is 1. The average molecular weight is 1040 g/mol. The van der Waals surface area contributed by atoms with Crippen LogP contribution in [0.5, 0.6) is 0 Å². The highest BCUT2D eigenvalue weighted by molar-refractivity contribution is 7.45. The monoisotopic (exact) mass is 1040 g/mol. The Kier molecular flexibility index (Phi) is 51.9. The van der Waals surface area contributed by atoms with Crippen molar-refractivity contribution in [1.29, 1.82) is 0 Å². The van der Waals surface area contributed by atoms with E-state index < -0.39 is 26.6 Å². The topological polar surface area (TPSA) is 108 Å². The quantitative estimate of drug-likeness (QED) is 0.0272. The predicted molar refractivity (Wildman–Crippen MR) is 316 cm³/mol. The van der Waals surface area contributed by atoms with Gasteiger partial charge >= 0.3 is 0 Å². The van der Waals surface area contributed by atoms with Gasteiger partial charge in [-0.1, -0.05) is 252 Å². The molecule has 0 aromatic heterocycles. The zero-order valence-electron chi connectivity index (χ0n) is 47.8. The zero-order valence-corrected chi connectivity index (χ0v) is 48.7. The number of aliphatic hydroxyl groups excluding tert-OH is 1. The summed E-state index contributed by atoms with van der Waals surface area (Å²) < 4.78 is 23.3. The third-order valence-corrected chi connectivity index (χ3v) is 13.7. The molecule has 0 saturated heterocycles. The molecule has 0 aliphatic rings. The van der Waals surface area contributed by atoms with Crippen molar-refractivity contribution in [2.24, 2.45) is 0 Å². The lowest BCUT2D eigenvalue weighted by Gasteiger charge is -2.29. The highest BCUT2D eigenvalue weighted by Gasteiger charge is 2.23. The molecule has 0 bridgehead atoms. The van der Waals surface area contributed by atoms with Gasteiger partial charge in [-0.3, -0.25) is 9.36 Å². The lowest BCUT2D eigenvalue weighted by molar-refractivity contribution is -0.870. The Bertz CT molecular complexity index is 1550. The van der Waals surface area contributed by atoms with Crippen molar-refractivity contribution in [3.05, 3.63) is 109 Å². The van der Waals surface area contributed by atoms with Crippen LogP contribution >= 0.6 is 7.82 Å². The lowest BCUT2D eigenvalue weighted by Crippen LogP contribution is -2.45. The van der Waals surface area contributed by atoms with Crippen molar-refractivity contribution < 1.29 is 32.9 Å². The van der Waals surface area contributed by atoms with Crippen LogP contribution in [0.25, 0.3) is 0 Å². The van der Waals surface area contributed by atoms with Crippen LogP contribution in [-0.2, 0) is 18.4 Å². The van der Waals surface area contributed by atoms with Crippen molar-refractivity contribution in [1.82, 2.24) is 5.32 Å². The zero-order chi connectivity index (χ0) is 53.5. The minimum atomic E-state index is -4.61.